The number of methoxy groups -OCH3 is 1. The molecule has 5 heteroatoms. The first-order chi connectivity index (χ1) is 9.76. The molecule has 0 heterocycles. The van der Waals surface area contributed by atoms with Crippen molar-refractivity contribution < 1.29 is 14.3 Å². The highest BCUT2D eigenvalue weighted by atomic mass is 16.5. The molecule has 20 heavy (non-hydrogen) atoms. The van der Waals surface area contributed by atoms with Crippen molar-refractivity contribution in [2.75, 3.05) is 25.6 Å². The second kappa shape index (κ2) is 9.82. The first kappa shape index (κ1) is 16.0. The Bertz CT molecular complexity index is 455. The molecular formula is C15H20N2O3. The van der Waals surface area contributed by atoms with Crippen molar-refractivity contribution in [3.8, 4) is 11.8 Å². The van der Waals surface area contributed by atoms with Gasteiger partial charge >= 0.3 is 0 Å². The molecule has 5 nitrogen and oxygen atoms in total. The number of hydrogen-bond acceptors (Lipinski definition) is 4. The van der Waals surface area contributed by atoms with Crippen LogP contribution < -0.4 is 10.1 Å². The lowest BCUT2D eigenvalue weighted by atomic mass is 10.2. The zero-order valence-electron chi connectivity index (χ0n) is 11.7. The number of carbonyl (C=O) groups is 1. The molecule has 0 aliphatic rings. The van der Waals surface area contributed by atoms with Crippen molar-refractivity contribution in [3.05, 3.63) is 24.3 Å². The average molecular weight is 276 g/mol. The summed E-state index contributed by atoms with van der Waals surface area (Å²) >= 11 is 0. The summed E-state index contributed by atoms with van der Waals surface area (Å²) in [7, 11) is 1.62. The SMILES string of the molecule is COCCCC(=O)Nc1cccc(OCCCC#N)c1. The van der Waals surface area contributed by atoms with Crippen LogP contribution in [0.25, 0.3) is 0 Å². The van der Waals surface area contributed by atoms with Gasteiger partial charge in [0, 0.05) is 38.3 Å². The van der Waals surface area contributed by atoms with Gasteiger partial charge in [0.25, 0.3) is 0 Å². The Morgan fingerprint density at radius 1 is 1.35 bits per heavy atom. The molecule has 1 aromatic carbocycles. The fourth-order valence-corrected chi connectivity index (χ4v) is 1.61. The summed E-state index contributed by atoms with van der Waals surface area (Å²) in [5, 5.41) is 11.2. The van der Waals surface area contributed by atoms with Crippen molar-refractivity contribution >= 4 is 11.6 Å². The van der Waals surface area contributed by atoms with Gasteiger partial charge in [-0.3, -0.25) is 4.79 Å². The molecule has 0 aromatic heterocycles. The van der Waals surface area contributed by atoms with Crippen LogP contribution in [0.3, 0.4) is 0 Å². The van der Waals surface area contributed by atoms with E-state index in [-0.39, 0.29) is 5.91 Å². The number of unbranched alkanes of at least 4 members (excludes halogenated alkanes) is 1. The molecular weight excluding hydrogens is 256 g/mol. The Morgan fingerprint density at radius 2 is 2.20 bits per heavy atom. The quantitative estimate of drug-likeness (QED) is 0.704. The van der Waals surface area contributed by atoms with Gasteiger partial charge in [0.2, 0.25) is 5.91 Å². The van der Waals surface area contributed by atoms with E-state index in [1.54, 1.807) is 13.2 Å². The minimum Gasteiger partial charge on any atom is -0.493 e. The van der Waals surface area contributed by atoms with Gasteiger partial charge in [-0.15, -0.1) is 0 Å². The van der Waals surface area contributed by atoms with E-state index < -0.39 is 0 Å². The summed E-state index contributed by atoms with van der Waals surface area (Å²) in [6.45, 7) is 1.08. The second-order valence-electron chi connectivity index (χ2n) is 4.28. The van der Waals surface area contributed by atoms with Crippen molar-refractivity contribution in [3.63, 3.8) is 0 Å². The number of anilines is 1. The van der Waals surface area contributed by atoms with Crippen LogP contribution >= 0.6 is 0 Å². The molecule has 0 saturated heterocycles. The predicted octanol–water partition coefficient (Wildman–Crippen LogP) is 2.73. The Labute approximate surface area is 119 Å². The number of benzene rings is 1. The van der Waals surface area contributed by atoms with Crippen LogP contribution in [0.1, 0.15) is 25.7 Å². The summed E-state index contributed by atoms with van der Waals surface area (Å²) < 4.78 is 10.4. The molecule has 0 aliphatic heterocycles. The summed E-state index contributed by atoms with van der Waals surface area (Å²) in [6, 6.07) is 9.31. The number of nitrogens with one attached hydrogen (secondary N) is 1. The van der Waals surface area contributed by atoms with Crippen LogP contribution in [-0.4, -0.2) is 26.2 Å². The van der Waals surface area contributed by atoms with Gasteiger partial charge < -0.3 is 14.8 Å². The summed E-state index contributed by atoms with van der Waals surface area (Å²) in [5.74, 6) is 0.654. The van der Waals surface area contributed by atoms with Gasteiger partial charge in [0.05, 0.1) is 12.7 Å². The number of nitriles is 1. The minimum atomic E-state index is -0.0383. The van der Waals surface area contributed by atoms with E-state index in [4.69, 9.17) is 14.7 Å². The maximum absolute atomic E-state index is 11.7. The van der Waals surface area contributed by atoms with Gasteiger partial charge in [-0.25, -0.2) is 0 Å². The van der Waals surface area contributed by atoms with E-state index in [0.29, 0.717) is 50.3 Å². The molecule has 1 aromatic rings. The molecule has 0 fully saturated rings. The normalized spacial score (nSPS) is 9.80. The van der Waals surface area contributed by atoms with E-state index in [1.165, 1.54) is 0 Å². The molecule has 0 atom stereocenters. The largest absolute Gasteiger partial charge is 0.493 e. The molecule has 0 unspecified atom stereocenters. The second-order valence-corrected chi connectivity index (χ2v) is 4.28. The van der Waals surface area contributed by atoms with Gasteiger partial charge in [-0.05, 0) is 25.0 Å². The Hall–Kier alpha value is -2.06. The van der Waals surface area contributed by atoms with Gasteiger partial charge in [0.1, 0.15) is 5.75 Å². The van der Waals surface area contributed by atoms with Crippen LogP contribution in [-0.2, 0) is 9.53 Å². The van der Waals surface area contributed by atoms with Gasteiger partial charge in [0.15, 0.2) is 0 Å². The Balaban J connectivity index is 2.39. The maximum Gasteiger partial charge on any atom is 0.224 e. The number of rotatable bonds is 9. The van der Waals surface area contributed by atoms with Crippen LogP contribution in [0.4, 0.5) is 5.69 Å². The first-order valence-corrected chi connectivity index (χ1v) is 6.65. The number of nitrogens with zero attached hydrogens (tertiary/aromatic N) is 1. The van der Waals surface area contributed by atoms with Crippen molar-refractivity contribution in [2.24, 2.45) is 0 Å². The fraction of sp³-hybridized carbons (Fsp3) is 0.467. The van der Waals surface area contributed by atoms with Crippen molar-refractivity contribution in [2.45, 2.75) is 25.7 Å². The van der Waals surface area contributed by atoms with E-state index in [2.05, 4.69) is 11.4 Å². The molecule has 0 aliphatic carbocycles. The minimum absolute atomic E-state index is 0.0383. The highest BCUT2D eigenvalue weighted by molar-refractivity contribution is 5.90. The molecule has 1 N–H and O–H groups in total. The Morgan fingerprint density at radius 3 is 2.95 bits per heavy atom. The van der Waals surface area contributed by atoms with E-state index in [1.807, 2.05) is 18.2 Å². The monoisotopic (exact) mass is 276 g/mol. The third-order valence-electron chi connectivity index (χ3n) is 2.57. The molecule has 0 bridgehead atoms. The highest BCUT2D eigenvalue weighted by Crippen LogP contribution is 2.18. The third-order valence-corrected chi connectivity index (χ3v) is 2.57. The van der Waals surface area contributed by atoms with E-state index >= 15 is 0 Å². The predicted molar refractivity (Wildman–Crippen MR) is 76.5 cm³/mol. The average Bonchev–Trinajstić information content (AvgIpc) is 2.44. The fourth-order valence-electron chi connectivity index (χ4n) is 1.61. The van der Waals surface area contributed by atoms with Gasteiger partial charge in [-0.2, -0.15) is 5.26 Å². The highest BCUT2D eigenvalue weighted by Gasteiger charge is 2.03. The van der Waals surface area contributed by atoms with E-state index in [9.17, 15) is 4.79 Å². The molecule has 108 valence electrons. The zero-order chi connectivity index (χ0) is 14.6. The van der Waals surface area contributed by atoms with Gasteiger partial charge in [-0.1, -0.05) is 6.07 Å². The lowest BCUT2D eigenvalue weighted by Crippen LogP contribution is -2.12. The zero-order valence-corrected chi connectivity index (χ0v) is 11.7. The van der Waals surface area contributed by atoms with Crippen LogP contribution in [0, 0.1) is 11.3 Å². The molecule has 0 spiro atoms. The van der Waals surface area contributed by atoms with Crippen LogP contribution in [0.15, 0.2) is 24.3 Å². The standard InChI is InChI=1S/C15H20N2O3/c1-19-10-5-8-15(18)17-13-6-4-7-14(12-13)20-11-3-2-9-16/h4,6-7,12H,2-3,5,8,10-11H2,1H3,(H,17,18). The van der Waals surface area contributed by atoms with Crippen LogP contribution in [0.2, 0.25) is 0 Å². The van der Waals surface area contributed by atoms with E-state index in [0.717, 1.165) is 0 Å². The smallest absolute Gasteiger partial charge is 0.224 e. The molecule has 1 rings (SSSR count). The number of carbonyl (C=O) groups excluding carboxylic acids is 1. The number of hydrogen-bond donors (Lipinski definition) is 1. The third kappa shape index (κ3) is 6.76. The summed E-state index contributed by atoms with van der Waals surface area (Å²) in [5.41, 5.74) is 0.713. The lowest BCUT2D eigenvalue weighted by molar-refractivity contribution is -0.116. The summed E-state index contributed by atoms with van der Waals surface area (Å²) in [4.78, 5) is 11.7. The molecule has 0 radical (unpaired) electrons. The number of amides is 1. The number of ether oxygens (including phenoxy) is 2. The first-order valence-electron chi connectivity index (χ1n) is 6.65. The van der Waals surface area contributed by atoms with Crippen molar-refractivity contribution in [1.29, 1.82) is 5.26 Å². The van der Waals surface area contributed by atoms with Crippen molar-refractivity contribution in [1.82, 2.24) is 0 Å². The maximum atomic E-state index is 11.7. The summed E-state index contributed by atoms with van der Waals surface area (Å²) in [6.07, 6.45) is 2.31. The topological polar surface area (TPSA) is 71.3 Å². The van der Waals surface area contributed by atoms with Crippen LogP contribution in [0.5, 0.6) is 5.75 Å². The molecule has 0 saturated carbocycles. The molecule has 1 amide bonds. The Kier molecular flexibility index (Phi) is 7.85. The lowest BCUT2D eigenvalue weighted by Gasteiger charge is -2.08.